The molecule has 0 spiro atoms. The van der Waals surface area contributed by atoms with Gasteiger partial charge >= 0.3 is 0 Å². The van der Waals surface area contributed by atoms with Gasteiger partial charge in [0.2, 0.25) is 17.8 Å². The van der Waals surface area contributed by atoms with Crippen molar-refractivity contribution in [3.05, 3.63) is 23.8 Å². The van der Waals surface area contributed by atoms with Crippen molar-refractivity contribution in [3.63, 3.8) is 0 Å². The summed E-state index contributed by atoms with van der Waals surface area (Å²) < 4.78 is 5.36. The first-order valence-electron chi connectivity index (χ1n) is 8.10. The normalized spacial score (nSPS) is 14.6. The molecule has 10 heteroatoms. The Morgan fingerprint density at radius 1 is 1.19 bits per heavy atom. The highest BCUT2D eigenvalue weighted by Gasteiger charge is 2.17. The molecule has 0 atom stereocenters. The topological polar surface area (TPSA) is 119 Å². The fourth-order valence-electron chi connectivity index (χ4n) is 2.31. The summed E-state index contributed by atoms with van der Waals surface area (Å²) in [7, 11) is 3.69. The van der Waals surface area contributed by atoms with Crippen LogP contribution in [0.15, 0.2) is 23.3 Å². The van der Waals surface area contributed by atoms with Gasteiger partial charge in [0.15, 0.2) is 0 Å². The van der Waals surface area contributed by atoms with Crippen molar-refractivity contribution in [1.82, 2.24) is 15.0 Å². The predicted octanol–water partition coefficient (Wildman–Crippen LogP) is 0.631. The Hall–Kier alpha value is -3.14. The van der Waals surface area contributed by atoms with Crippen LogP contribution < -0.4 is 15.2 Å². The van der Waals surface area contributed by atoms with Gasteiger partial charge in [-0.05, 0) is 12.1 Å². The van der Waals surface area contributed by atoms with E-state index in [9.17, 15) is 10.2 Å². The molecule has 0 bridgehead atoms. The van der Waals surface area contributed by atoms with E-state index in [0.717, 1.165) is 0 Å². The number of hydrogen-bond donors (Lipinski definition) is 3. The van der Waals surface area contributed by atoms with Gasteiger partial charge in [-0.2, -0.15) is 20.1 Å². The van der Waals surface area contributed by atoms with Crippen LogP contribution in [0.3, 0.4) is 0 Å². The maximum atomic E-state index is 9.77. The Kier molecular flexibility index (Phi) is 5.32. The van der Waals surface area contributed by atoms with Crippen LogP contribution in [-0.4, -0.2) is 71.8 Å². The number of morpholine rings is 1. The maximum absolute atomic E-state index is 9.77. The quantitative estimate of drug-likeness (QED) is 0.521. The second-order valence-electron chi connectivity index (χ2n) is 5.87. The minimum absolute atomic E-state index is 0.0177. The molecule has 1 aromatic heterocycles. The molecular weight excluding hydrogens is 338 g/mol. The highest BCUT2D eigenvalue weighted by Crippen LogP contribution is 2.21. The highest BCUT2D eigenvalue weighted by molar-refractivity contribution is 5.84. The van der Waals surface area contributed by atoms with E-state index in [1.807, 2.05) is 19.0 Å². The fourth-order valence-corrected chi connectivity index (χ4v) is 2.31. The van der Waals surface area contributed by atoms with Gasteiger partial charge in [0.25, 0.3) is 0 Å². The number of aromatic nitrogens is 3. The summed E-state index contributed by atoms with van der Waals surface area (Å²) in [6.45, 7) is 2.68. The molecule has 138 valence electrons. The minimum Gasteiger partial charge on any atom is -0.508 e. The molecule has 26 heavy (non-hydrogen) atoms. The van der Waals surface area contributed by atoms with Gasteiger partial charge in [-0.15, -0.1) is 0 Å². The molecule has 1 aromatic carbocycles. The van der Waals surface area contributed by atoms with Gasteiger partial charge in [0.05, 0.1) is 19.4 Å². The summed E-state index contributed by atoms with van der Waals surface area (Å²) in [5.74, 6) is 1.26. The number of phenols is 2. The second kappa shape index (κ2) is 7.83. The Morgan fingerprint density at radius 2 is 1.96 bits per heavy atom. The van der Waals surface area contributed by atoms with Gasteiger partial charge in [0.1, 0.15) is 11.5 Å². The number of aromatic hydroxyl groups is 2. The molecule has 2 aromatic rings. The molecular formula is C16H21N7O3. The molecule has 0 aliphatic carbocycles. The fraction of sp³-hybridized carbons (Fsp3) is 0.375. The first kappa shape index (κ1) is 17.7. The van der Waals surface area contributed by atoms with Gasteiger partial charge in [-0.1, -0.05) is 0 Å². The van der Waals surface area contributed by atoms with Crippen molar-refractivity contribution in [2.75, 3.05) is 55.6 Å². The lowest BCUT2D eigenvalue weighted by Crippen LogP contribution is -2.37. The largest absolute Gasteiger partial charge is 0.508 e. The SMILES string of the molecule is CN(C)c1nc(NN=Cc2ccc(O)cc2O)nc(N2CCOCC2)n1. The Bertz CT molecular complexity index is 791. The monoisotopic (exact) mass is 359 g/mol. The maximum Gasteiger partial charge on any atom is 0.250 e. The molecule has 0 radical (unpaired) electrons. The number of nitrogens with one attached hydrogen (secondary N) is 1. The van der Waals surface area contributed by atoms with Crippen LogP contribution in [0.5, 0.6) is 11.5 Å². The summed E-state index contributed by atoms with van der Waals surface area (Å²) in [4.78, 5) is 17.0. The van der Waals surface area contributed by atoms with Crippen molar-refractivity contribution in [3.8, 4) is 11.5 Å². The molecule has 3 rings (SSSR count). The van der Waals surface area contributed by atoms with Crippen LogP contribution >= 0.6 is 0 Å². The summed E-state index contributed by atoms with van der Waals surface area (Å²) >= 11 is 0. The minimum atomic E-state index is -0.0748. The summed E-state index contributed by atoms with van der Waals surface area (Å²) in [6, 6.07) is 4.25. The zero-order chi connectivity index (χ0) is 18.5. The number of hydrogen-bond acceptors (Lipinski definition) is 10. The smallest absolute Gasteiger partial charge is 0.250 e. The molecule has 10 nitrogen and oxygen atoms in total. The number of hydrazone groups is 1. The lowest BCUT2D eigenvalue weighted by molar-refractivity contribution is 0.122. The van der Waals surface area contributed by atoms with Gasteiger partial charge in [-0.3, -0.25) is 0 Å². The van der Waals surface area contributed by atoms with Crippen molar-refractivity contribution in [2.24, 2.45) is 5.10 Å². The zero-order valence-corrected chi connectivity index (χ0v) is 14.6. The third kappa shape index (κ3) is 4.28. The first-order chi connectivity index (χ1) is 12.5. The molecule has 0 unspecified atom stereocenters. The summed E-state index contributed by atoms with van der Waals surface area (Å²) in [6.07, 6.45) is 1.42. The van der Waals surface area contributed by atoms with Crippen LogP contribution in [0, 0.1) is 0 Å². The second-order valence-corrected chi connectivity index (χ2v) is 5.87. The van der Waals surface area contributed by atoms with Crippen molar-refractivity contribution >= 4 is 24.1 Å². The third-order valence-corrected chi connectivity index (χ3v) is 3.69. The molecule has 3 N–H and O–H groups in total. The van der Waals surface area contributed by atoms with Crippen LogP contribution in [0.1, 0.15) is 5.56 Å². The van der Waals surface area contributed by atoms with E-state index in [2.05, 4.69) is 25.5 Å². The Morgan fingerprint density at radius 3 is 2.65 bits per heavy atom. The van der Waals surface area contributed by atoms with Crippen LogP contribution in [0.25, 0.3) is 0 Å². The van der Waals surface area contributed by atoms with E-state index in [-0.39, 0.29) is 11.5 Å². The van der Waals surface area contributed by atoms with E-state index in [0.29, 0.717) is 49.7 Å². The number of nitrogens with zero attached hydrogens (tertiary/aromatic N) is 6. The molecule has 1 saturated heterocycles. The van der Waals surface area contributed by atoms with Crippen LogP contribution in [-0.2, 0) is 4.74 Å². The van der Waals surface area contributed by atoms with Crippen LogP contribution in [0.2, 0.25) is 0 Å². The Labute approximate surface area is 150 Å². The van der Waals surface area contributed by atoms with Crippen molar-refractivity contribution in [2.45, 2.75) is 0 Å². The van der Waals surface area contributed by atoms with Gasteiger partial charge in [-0.25, -0.2) is 5.43 Å². The third-order valence-electron chi connectivity index (χ3n) is 3.69. The lowest BCUT2D eigenvalue weighted by Gasteiger charge is -2.27. The van der Waals surface area contributed by atoms with Crippen molar-refractivity contribution < 1.29 is 14.9 Å². The Balaban J connectivity index is 1.79. The summed E-state index contributed by atoms with van der Waals surface area (Å²) in [5.41, 5.74) is 3.21. The standard InChI is InChI=1S/C16H21N7O3/c1-22(2)15-18-14(19-16(20-15)23-5-7-26-8-6-23)21-17-10-11-3-4-12(24)9-13(11)25/h3-4,9-10,24-25H,5-8H2,1-2H3,(H,18,19,20,21). The van der Waals surface area contributed by atoms with Crippen LogP contribution in [0.4, 0.5) is 17.8 Å². The summed E-state index contributed by atoms with van der Waals surface area (Å²) in [5, 5.41) is 23.1. The molecule has 1 fully saturated rings. The van der Waals surface area contributed by atoms with E-state index in [4.69, 9.17) is 4.74 Å². The molecule has 2 heterocycles. The molecule has 0 saturated carbocycles. The number of anilines is 3. The number of benzene rings is 1. The van der Waals surface area contributed by atoms with Gasteiger partial charge in [0, 0.05) is 38.8 Å². The van der Waals surface area contributed by atoms with E-state index >= 15 is 0 Å². The average molecular weight is 359 g/mol. The van der Waals surface area contributed by atoms with Crippen molar-refractivity contribution in [1.29, 1.82) is 0 Å². The average Bonchev–Trinajstić information content (AvgIpc) is 2.64. The molecule has 1 aliphatic heterocycles. The zero-order valence-electron chi connectivity index (χ0n) is 14.6. The predicted molar refractivity (Wildman–Crippen MR) is 98.2 cm³/mol. The molecule has 1 aliphatic rings. The van der Waals surface area contributed by atoms with E-state index < -0.39 is 0 Å². The molecule has 0 amide bonds. The van der Waals surface area contributed by atoms with Gasteiger partial charge < -0.3 is 24.7 Å². The number of rotatable bonds is 5. The van der Waals surface area contributed by atoms with E-state index in [1.54, 1.807) is 11.0 Å². The first-order valence-corrected chi connectivity index (χ1v) is 8.10. The van der Waals surface area contributed by atoms with E-state index in [1.165, 1.54) is 18.3 Å². The lowest BCUT2D eigenvalue weighted by atomic mass is 10.2. The highest BCUT2D eigenvalue weighted by atomic mass is 16.5. The number of ether oxygens (including phenoxy) is 1. The number of phenolic OH excluding ortho intramolecular Hbond substituents is 2.